The number of rotatable bonds is 1. The van der Waals surface area contributed by atoms with Crippen molar-refractivity contribution in [2.24, 2.45) is 0 Å². The number of nitrogens with zero attached hydrogens (tertiary/aromatic N) is 2. The Morgan fingerprint density at radius 3 is 2.94 bits per heavy atom. The molecule has 0 atom stereocenters. The molecule has 1 aliphatic rings. The zero-order valence-corrected chi connectivity index (χ0v) is 9.36. The predicted molar refractivity (Wildman–Crippen MR) is 62.6 cm³/mol. The molecule has 16 heavy (non-hydrogen) atoms. The Hall–Kier alpha value is -1.58. The maximum absolute atomic E-state index is 11.5. The largest absolute Gasteiger partial charge is 0.307 e. The van der Waals surface area contributed by atoms with Crippen molar-refractivity contribution in [3.8, 4) is 0 Å². The van der Waals surface area contributed by atoms with E-state index in [4.69, 9.17) is 0 Å². The van der Waals surface area contributed by atoms with E-state index in [0.29, 0.717) is 6.04 Å². The average Bonchev–Trinajstić information content (AvgIpc) is 2.83. The van der Waals surface area contributed by atoms with Crippen LogP contribution in [0.1, 0.15) is 37.3 Å². The van der Waals surface area contributed by atoms with E-state index < -0.39 is 0 Å². The van der Waals surface area contributed by atoms with Crippen molar-refractivity contribution < 1.29 is 0 Å². The average molecular weight is 217 g/mol. The fourth-order valence-corrected chi connectivity index (χ4v) is 2.63. The van der Waals surface area contributed by atoms with E-state index in [1.165, 1.54) is 25.7 Å². The summed E-state index contributed by atoms with van der Waals surface area (Å²) in [6.45, 7) is 1.96. The first kappa shape index (κ1) is 9.63. The van der Waals surface area contributed by atoms with E-state index in [1.807, 2.05) is 17.8 Å². The molecular formula is C12H15N3O. The van der Waals surface area contributed by atoms with Crippen LogP contribution in [-0.2, 0) is 0 Å². The normalized spacial score (nSPS) is 17.3. The van der Waals surface area contributed by atoms with Crippen LogP contribution < -0.4 is 5.56 Å². The SMILES string of the molecule is Cc1cc(=O)[nH]c2c1cnn2C1CCCC1. The first-order valence-corrected chi connectivity index (χ1v) is 5.83. The summed E-state index contributed by atoms with van der Waals surface area (Å²) in [5, 5.41) is 5.49. The number of aromatic nitrogens is 3. The number of pyridine rings is 1. The maximum atomic E-state index is 11.5. The number of H-pyrrole nitrogens is 1. The number of aryl methyl sites for hydroxylation is 1. The Kier molecular flexibility index (Phi) is 2.09. The van der Waals surface area contributed by atoms with Gasteiger partial charge in [0, 0.05) is 11.5 Å². The van der Waals surface area contributed by atoms with Crippen molar-refractivity contribution in [1.82, 2.24) is 14.8 Å². The topological polar surface area (TPSA) is 50.7 Å². The van der Waals surface area contributed by atoms with Crippen LogP contribution >= 0.6 is 0 Å². The zero-order valence-electron chi connectivity index (χ0n) is 9.36. The Balaban J connectivity index is 2.22. The lowest BCUT2D eigenvalue weighted by molar-refractivity contribution is 0.478. The predicted octanol–water partition coefficient (Wildman–Crippen LogP) is 2.15. The minimum atomic E-state index is -0.0373. The summed E-state index contributed by atoms with van der Waals surface area (Å²) in [5.41, 5.74) is 1.85. The number of fused-ring (bicyclic) bond motifs is 1. The lowest BCUT2D eigenvalue weighted by atomic mass is 10.2. The second-order valence-corrected chi connectivity index (χ2v) is 4.61. The van der Waals surface area contributed by atoms with Gasteiger partial charge in [-0.05, 0) is 25.3 Å². The summed E-state index contributed by atoms with van der Waals surface area (Å²) >= 11 is 0. The van der Waals surface area contributed by atoms with Gasteiger partial charge in [-0.25, -0.2) is 4.68 Å². The Bertz CT molecular complexity index is 575. The highest BCUT2D eigenvalue weighted by Gasteiger charge is 2.20. The van der Waals surface area contributed by atoms with E-state index in [0.717, 1.165) is 16.6 Å². The first-order valence-electron chi connectivity index (χ1n) is 5.83. The minimum Gasteiger partial charge on any atom is -0.307 e. The molecule has 2 heterocycles. The molecule has 0 bridgehead atoms. The molecule has 0 saturated heterocycles. The van der Waals surface area contributed by atoms with E-state index in [-0.39, 0.29) is 5.56 Å². The summed E-state index contributed by atoms with van der Waals surface area (Å²) in [4.78, 5) is 14.4. The molecule has 1 N–H and O–H groups in total. The second-order valence-electron chi connectivity index (χ2n) is 4.61. The quantitative estimate of drug-likeness (QED) is 0.795. The van der Waals surface area contributed by atoms with Gasteiger partial charge >= 0.3 is 0 Å². The van der Waals surface area contributed by atoms with Crippen molar-refractivity contribution in [3.63, 3.8) is 0 Å². The van der Waals surface area contributed by atoms with Crippen molar-refractivity contribution in [3.05, 3.63) is 28.2 Å². The fraction of sp³-hybridized carbons (Fsp3) is 0.500. The molecule has 0 amide bonds. The highest BCUT2D eigenvalue weighted by atomic mass is 16.1. The third-order valence-corrected chi connectivity index (χ3v) is 3.48. The van der Waals surface area contributed by atoms with E-state index in [9.17, 15) is 4.79 Å². The van der Waals surface area contributed by atoms with Crippen LogP contribution in [-0.4, -0.2) is 14.8 Å². The molecule has 1 saturated carbocycles. The van der Waals surface area contributed by atoms with Gasteiger partial charge in [-0.1, -0.05) is 12.8 Å². The van der Waals surface area contributed by atoms with Crippen molar-refractivity contribution in [1.29, 1.82) is 0 Å². The molecule has 2 aromatic rings. The highest BCUT2D eigenvalue weighted by Crippen LogP contribution is 2.31. The minimum absolute atomic E-state index is 0.0373. The monoisotopic (exact) mass is 217 g/mol. The highest BCUT2D eigenvalue weighted by molar-refractivity contribution is 5.78. The van der Waals surface area contributed by atoms with Gasteiger partial charge in [-0.15, -0.1) is 0 Å². The molecule has 2 aromatic heterocycles. The number of hydrogen-bond acceptors (Lipinski definition) is 2. The molecule has 0 unspecified atom stereocenters. The van der Waals surface area contributed by atoms with Crippen LogP contribution in [0.4, 0.5) is 0 Å². The number of nitrogens with one attached hydrogen (secondary N) is 1. The van der Waals surface area contributed by atoms with Gasteiger partial charge in [0.15, 0.2) is 0 Å². The van der Waals surface area contributed by atoms with E-state index in [2.05, 4.69) is 10.1 Å². The fourth-order valence-electron chi connectivity index (χ4n) is 2.63. The maximum Gasteiger partial charge on any atom is 0.249 e. The molecule has 4 nitrogen and oxygen atoms in total. The summed E-state index contributed by atoms with van der Waals surface area (Å²) in [6, 6.07) is 2.10. The number of aromatic amines is 1. The zero-order chi connectivity index (χ0) is 11.1. The molecule has 0 aromatic carbocycles. The van der Waals surface area contributed by atoms with Crippen LogP contribution in [0.5, 0.6) is 0 Å². The molecule has 0 aliphatic heterocycles. The van der Waals surface area contributed by atoms with Crippen LogP contribution in [0.3, 0.4) is 0 Å². The molecule has 1 aliphatic carbocycles. The van der Waals surface area contributed by atoms with Gasteiger partial charge < -0.3 is 4.98 Å². The summed E-state index contributed by atoms with van der Waals surface area (Å²) in [7, 11) is 0. The lowest BCUT2D eigenvalue weighted by Gasteiger charge is -2.10. The van der Waals surface area contributed by atoms with Crippen LogP contribution in [0.25, 0.3) is 11.0 Å². The Morgan fingerprint density at radius 1 is 1.44 bits per heavy atom. The van der Waals surface area contributed by atoms with E-state index in [1.54, 1.807) is 6.07 Å². The van der Waals surface area contributed by atoms with E-state index >= 15 is 0 Å². The summed E-state index contributed by atoms with van der Waals surface area (Å²) in [5.74, 6) is 0. The molecule has 0 spiro atoms. The smallest absolute Gasteiger partial charge is 0.249 e. The third kappa shape index (κ3) is 1.37. The van der Waals surface area contributed by atoms with Gasteiger partial charge in [0.25, 0.3) is 0 Å². The van der Waals surface area contributed by atoms with Crippen molar-refractivity contribution in [2.45, 2.75) is 38.6 Å². The van der Waals surface area contributed by atoms with Crippen LogP contribution in [0.2, 0.25) is 0 Å². The lowest BCUT2D eigenvalue weighted by Crippen LogP contribution is -2.11. The van der Waals surface area contributed by atoms with Crippen LogP contribution in [0, 0.1) is 6.92 Å². The molecule has 84 valence electrons. The van der Waals surface area contributed by atoms with Crippen molar-refractivity contribution >= 4 is 11.0 Å². The van der Waals surface area contributed by atoms with Crippen molar-refractivity contribution in [2.75, 3.05) is 0 Å². The van der Waals surface area contributed by atoms with Gasteiger partial charge in [0.2, 0.25) is 5.56 Å². The second kappa shape index (κ2) is 3.47. The Labute approximate surface area is 93.3 Å². The summed E-state index contributed by atoms with van der Waals surface area (Å²) in [6.07, 6.45) is 6.74. The molecule has 4 heteroatoms. The Morgan fingerprint density at radius 2 is 2.19 bits per heavy atom. The molecule has 0 radical (unpaired) electrons. The standard InChI is InChI=1S/C12H15N3O/c1-8-6-11(16)14-12-10(8)7-13-15(12)9-4-2-3-5-9/h6-7,9H,2-5H2,1H3,(H,14,16). The van der Waals surface area contributed by atoms with Gasteiger partial charge in [0.05, 0.1) is 12.2 Å². The van der Waals surface area contributed by atoms with Crippen LogP contribution in [0.15, 0.2) is 17.1 Å². The molecule has 1 fully saturated rings. The van der Waals surface area contributed by atoms with Gasteiger partial charge in [-0.3, -0.25) is 4.79 Å². The molecule has 3 rings (SSSR count). The first-order chi connectivity index (χ1) is 7.75. The molecular weight excluding hydrogens is 202 g/mol. The van der Waals surface area contributed by atoms with Gasteiger partial charge in [-0.2, -0.15) is 5.10 Å². The van der Waals surface area contributed by atoms with Gasteiger partial charge in [0.1, 0.15) is 5.65 Å². The summed E-state index contributed by atoms with van der Waals surface area (Å²) < 4.78 is 2.00. The third-order valence-electron chi connectivity index (χ3n) is 3.48. The number of hydrogen-bond donors (Lipinski definition) is 1.